The third kappa shape index (κ3) is 3.76. The fraction of sp³-hybridized carbons (Fsp3) is 0.0294. The number of pyridine rings is 2. The van der Waals surface area contributed by atoms with E-state index in [0.717, 1.165) is 38.8 Å². The quantitative estimate of drug-likeness (QED) is 0.136. The molecule has 0 fully saturated rings. The highest BCUT2D eigenvalue weighted by Crippen LogP contribution is 2.40. The van der Waals surface area contributed by atoms with Crippen molar-refractivity contribution >= 4 is 80.7 Å². The van der Waals surface area contributed by atoms with Gasteiger partial charge in [0.25, 0.3) is 0 Å². The van der Waals surface area contributed by atoms with Crippen LogP contribution in [0.4, 0.5) is 5.69 Å². The van der Waals surface area contributed by atoms with Crippen molar-refractivity contribution in [2.45, 2.75) is 6.92 Å². The molecule has 7 aromatic rings. The maximum absolute atomic E-state index is 5.10. The third-order valence-corrected chi connectivity index (χ3v) is 9.61. The molecule has 0 radical (unpaired) electrons. The van der Waals surface area contributed by atoms with Gasteiger partial charge in [-0.1, -0.05) is 78.9 Å². The minimum absolute atomic E-state index is 0.882. The van der Waals surface area contributed by atoms with Gasteiger partial charge >= 0.3 is 0 Å². The Hall–Kier alpha value is -4.66. The largest absolute Gasteiger partial charge is 0.292 e. The number of benzene rings is 4. The number of rotatable bonds is 5. The minimum atomic E-state index is -0.938. The maximum Gasteiger partial charge on any atom is 0.147 e. The second-order valence-corrected chi connectivity index (χ2v) is 11.6. The molecular formula is C34H25N4P. The summed E-state index contributed by atoms with van der Waals surface area (Å²) >= 11 is 0. The van der Waals surface area contributed by atoms with Crippen molar-refractivity contribution in [3.8, 4) is 0 Å². The third-order valence-electron chi connectivity index (χ3n) is 7.18. The van der Waals surface area contributed by atoms with E-state index in [1.165, 1.54) is 26.7 Å². The van der Waals surface area contributed by atoms with E-state index >= 15 is 0 Å². The zero-order valence-electron chi connectivity index (χ0n) is 21.5. The smallest absolute Gasteiger partial charge is 0.147 e. The van der Waals surface area contributed by atoms with Crippen LogP contribution in [0.3, 0.4) is 0 Å². The second kappa shape index (κ2) is 9.58. The molecule has 0 aliphatic carbocycles. The summed E-state index contributed by atoms with van der Waals surface area (Å²) in [5, 5.41) is 7.18. The molecule has 0 saturated carbocycles. The minimum Gasteiger partial charge on any atom is -0.292 e. The van der Waals surface area contributed by atoms with Crippen LogP contribution in [-0.2, 0) is 0 Å². The van der Waals surface area contributed by atoms with Crippen molar-refractivity contribution in [2.75, 3.05) is 0 Å². The summed E-state index contributed by atoms with van der Waals surface area (Å²) < 4.78 is 2.28. The van der Waals surface area contributed by atoms with E-state index in [1.54, 1.807) is 0 Å². The van der Waals surface area contributed by atoms with Crippen LogP contribution in [0, 0.1) is 0 Å². The van der Waals surface area contributed by atoms with E-state index in [-0.39, 0.29) is 0 Å². The maximum atomic E-state index is 5.10. The molecule has 7 rings (SSSR count). The van der Waals surface area contributed by atoms with Gasteiger partial charge in [-0.3, -0.25) is 14.4 Å². The Morgan fingerprint density at radius 2 is 1.56 bits per heavy atom. The van der Waals surface area contributed by atoms with Gasteiger partial charge in [0.15, 0.2) is 0 Å². The van der Waals surface area contributed by atoms with Crippen molar-refractivity contribution in [3.05, 3.63) is 121 Å². The van der Waals surface area contributed by atoms with E-state index in [4.69, 9.17) is 9.97 Å². The highest BCUT2D eigenvalue weighted by Gasteiger charge is 2.23. The second-order valence-electron chi connectivity index (χ2n) is 9.43. The molecule has 1 unspecified atom stereocenters. The molecule has 0 saturated heterocycles. The first-order valence-corrected chi connectivity index (χ1v) is 14.3. The molecule has 39 heavy (non-hydrogen) atoms. The van der Waals surface area contributed by atoms with Crippen molar-refractivity contribution < 1.29 is 0 Å². The molecule has 4 nitrogen and oxygen atoms in total. The highest BCUT2D eigenvalue weighted by molar-refractivity contribution is 7.80. The standard InChI is InChI=1S/C34H25N4P/c1-3-11-23-20-25(18-19-28(23)35-2)39(24-12-5-4-6-13-24)32-22-36-21-27-33(32)26-14-7-9-16-30(26)38-31-17-10-8-15-29(31)37-34(27)38/h3-22H,2H2,1H3/b11-3-. The fourth-order valence-corrected chi connectivity index (χ4v) is 8.01. The van der Waals surface area contributed by atoms with E-state index in [1.807, 2.05) is 25.3 Å². The Bertz CT molecular complexity index is 2060. The fourth-order valence-electron chi connectivity index (χ4n) is 5.54. The van der Waals surface area contributed by atoms with Crippen molar-refractivity contribution in [1.29, 1.82) is 0 Å². The Labute approximate surface area is 227 Å². The predicted octanol–water partition coefficient (Wildman–Crippen LogP) is 7.31. The Morgan fingerprint density at radius 1 is 0.795 bits per heavy atom. The molecule has 3 aromatic heterocycles. The van der Waals surface area contributed by atoms with Crippen LogP contribution in [0.5, 0.6) is 0 Å². The zero-order valence-corrected chi connectivity index (χ0v) is 22.4. The van der Waals surface area contributed by atoms with Crippen molar-refractivity contribution in [1.82, 2.24) is 14.4 Å². The van der Waals surface area contributed by atoms with Crippen LogP contribution in [0.2, 0.25) is 0 Å². The van der Waals surface area contributed by atoms with E-state index < -0.39 is 7.92 Å². The van der Waals surface area contributed by atoms with Gasteiger partial charge in [-0.05, 0) is 62.5 Å². The molecular weight excluding hydrogens is 495 g/mol. The number of fused-ring (bicyclic) bond motifs is 8. The average Bonchev–Trinajstić information content (AvgIpc) is 3.39. The number of allylic oxidation sites excluding steroid dienone is 1. The number of aromatic nitrogens is 3. The number of para-hydroxylation sites is 3. The SMILES string of the molecule is C=Nc1ccc(P(c2ccccc2)c2cncc3c2c2ccccc2n2c4ccccc4nc32)cc1/C=C\C. The number of aliphatic imine (C=N–C) groups is 1. The van der Waals surface area contributed by atoms with E-state index in [2.05, 4.69) is 119 Å². The lowest BCUT2D eigenvalue weighted by atomic mass is 10.1. The summed E-state index contributed by atoms with van der Waals surface area (Å²) in [5.41, 5.74) is 6.10. The monoisotopic (exact) mass is 520 g/mol. The van der Waals surface area contributed by atoms with Crippen molar-refractivity contribution in [3.63, 3.8) is 0 Å². The van der Waals surface area contributed by atoms with Gasteiger partial charge < -0.3 is 0 Å². The van der Waals surface area contributed by atoms with Gasteiger partial charge in [0, 0.05) is 39.4 Å². The molecule has 0 amide bonds. The first-order valence-electron chi connectivity index (χ1n) is 12.9. The van der Waals surface area contributed by atoms with Gasteiger partial charge in [0.2, 0.25) is 0 Å². The molecule has 0 aliphatic rings. The number of hydrogen-bond acceptors (Lipinski definition) is 3. The molecule has 5 heteroatoms. The lowest BCUT2D eigenvalue weighted by Gasteiger charge is -2.22. The van der Waals surface area contributed by atoms with Gasteiger partial charge in [-0.15, -0.1) is 0 Å². The molecule has 1 atom stereocenters. The lowest BCUT2D eigenvalue weighted by molar-refractivity contribution is 1.30. The van der Waals surface area contributed by atoms with E-state index in [0.29, 0.717) is 0 Å². The van der Waals surface area contributed by atoms with Gasteiger partial charge in [-0.25, -0.2) is 4.98 Å². The molecule has 186 valence electrons. The summed E-state index contributed by atoms with van der Waals surface area (Å²) in [4.78, 5) is 14.2. The molecule has 0 N–H and O–H groups in total. The normalized spacial score (nSPS) is 12.6. The van der Waals surface area contributed by atoms with Crippen LogP contribution in [-0.4, -0.2) is 21.1 Å². The molecule has 0 aliphatic heterocycles. The van der Waals surface area contributed by atoms with Crippen molar-refractivity contribution in [2.24, 2.45) is 4.99 Å². The summed E-state index contributed by atoms with van der Waals surface area (Å²) in [5.74, 6) is 0. The summed E-state index contributed by atoms with van der Waals surface area (Å²) in [6.07, 6.45) is 8.18. The predicted molar refractivity (Wildman–Crippen MR) is 168 cm³/mol. The molecule has 0 spiro atoms. The molecule has 0 bridgehead atoms. The van der Waals surface area contributed by atoms with Crippen LogP contribution in [0.1, 0.15) is 12.5 Å². The molecule has 4 aromatic carbocycles. The Kier molecular flexibility index (Phi) is 5.76. The topological polar surface area (TPSA) is 42.5 Å². The van der Waals surface area contributed by atoms with Gasteiger partial charge in [0.1, 0.15) is 5.65 Å². The number of hydrogen-bond donors (Lipinski definition) is 0. The van der Waals surface area contributed by atoms with Gasteiger partial charge in [0.05, 0.1) is 22.2 Å². The first kappa shape index (κ1) is 23.5. The Balaban J connectivity index is 1.62. The Morgan fingerprint density at radius 3 is 2.38 bits per heavy atom. The van der Waals surface area contributed by atoms with Crippen LogP contribution in [0.25, 0.3) is 44.4 Å². The first-order chi connectivity index (χ1) is 19.3. The summed E-state index contributed by atoms with van der Waals surface area (Å²) in [6, 6.07) is 34.3. The van der Waals surface area contributed by atoms with Crippen LogP contribution < -0.4 is 15.9 Å². The van der Waals surface area contributed by atoms with Crippen LogP contribution >= 0.6 is 7.92 Å². The average molecular weight is 521 g/mol. The lowest BCUT2D eigenvalue weighted by Crippen LogP contribution is -2.22. The summed E-state index contributed by atoms with van der Waals surface area (Å²) in [6.45, 7) is 5.82. The van der Waals surface area contributed by atoms with Crippen LogP contribution in [0.15, 0.2) is 121 Å². The van der Waals surface area contributed by atoms with E-state index in [9.17, 15) is 0 Å². The number of nitrogens with zero attached hydrogens (tertiary/aromatic N) is 4. The highest BCUT2D eigenvalue weighted by atomic mass is 31.1. The summed E-state index contributed by atoms with van der Waals surface area (Å²) in [7, 11) is -0.938. The zero-order chi connectivity index (χ0) is 26.3. The molecule has 3 heterocycles. The number of imidazole rings is 1. The van der Waals surface area contributed by atoms with Gasteiger partial charge in [-0.2, -0.15) is 0 Å².